The quantitative estimate of drug-likeness (QED) is 0.247. The molecule has 208 valence electrons. The highest BCUT2D eigenvalue weighted by atomic mass is 31.2. The predicted molar refractivity (Wildman–Crippen MR) is 142 cm³/mol. The molecule has 37 heavy (non-hydrogen) atoms. The van der Waals surface area contributed by atoms with Crippen LogP contribution in [-0.4, -0.2) is 37.8 Å². The van der Waals surface area contributed by atoms with Gasteiger partial charge in [0.05, 0.1) is 26.4 Å². The summed E-state index contributed by atoms with van der Waals surface area (Å²) >= 11 is 0. The first-order valence-corrected chi connectivity index (χ1v) is 17.0. The molecule has 0 bridgehead atoms. The topological polar surface area (TPSA) is 97.4 Å². The van der Waals surface area contributed by atoms with Crippen molar-refractivity contribution in [2.24, 2.45) is 17.3 Å². The van der Waals surface area contributed by atoms with E-state index in [1.54, 1.807) is 27.7 Å². The minimum absolute atomic E-state index is 0.0885. The molecule has 10 heteroatoms. The second-order valence-electron chi connectivity index (χ2n) is 10.4. The average Bonchev–Trinajstić information content (AvgIpc) is 3.17. The summed E-state index contributed by atoms with van der Waals surface area (Å²) in [5, 5.41) is 0. The lowest BCUT2D eigenvalue weighted by Gasteiger charge is -2.48. The van der Waals surface area contributed by atoms with Crippen LogP contribution in [0.3, 0.4) is 0 Å². The van der Waals surface area contributed by atoms with Gasteiger partial charge in [-0.15, -0.1) is 0 Å². The SMILES string of the molecule is CCOP(=O)(OCC)C(Oc1ccc2c(c1)CC[C@@H]1[C@@H]2CC[C@]2(C)C(=O)CC[C@@H]12)P(=O)(OCC)OCC. The smallest absolute Gasteiger partial charge is 0.383 e. The molecule has 1 aromatic carbocycles. The van der Waals surface area contributed by atoms with Crippen LogP contribution in [0.4, 0.5) is 0 Å². The van der Waals surface area contributed by atoms with Gasteiger partial charge in [-0.05, 0) is 101 Å². The molecule has 0 amide bonds. The Morgan fingerprint density at radius 3 is 2.05 bits per heavy atom. The third-order valence-electron chi connectivity index (χ3n) is 8.43. The van der Waals surface area contributed by atoms with Gasteiger partial charge in [-0.3, -0.25) is 13.9 Å². The normalized spacial score (nSPS) is 27.6. The van der Waals surface area contributed by atoms with E-state index in [-0.39, 0.29) is 31.8 Å². The monoisotopic (exact) mass is 556 g/mol. The first-order valence-electron chi connectivity index (χ1n) is 13.8. The number of benzene rings is 1. The lowest BCUT2D eigenvalue weighted by molar-refractivity contribution is -0.129. The Morgan fingerprint density at radius 2 is 1.49 bits per heavy atom. The maximum absolute atomic E-state index is 13.8. The van der Waals surface area contributed by atoms with Crippen LogP contribution >= 0.6 is 15.2 Å². The van der Waals surface area contributed by atoms with Crippen LogP contribution in [0.25, 0.3) is 0 Å². The summed E-state index contributed by atoms with van der Waals surface area (Å²) < 4.78 is 56.0. The van der Waals surface area contributed by atoms with Crippen molar-refractivity contribution in [2.75, 3.05) is 26.4 Å². The zero-order chi connectivity index (χ0) is 26.8. The van der Waals surface area contributed by atoms with Gasteiger partial charge in [0.25, 0.3) is 5.59 Å². The first-order chi connectivity index (χ1) is 17.7. The number of carbonyl (C=O) groups excluding carboxylic acids is 1. The van der Waals surface area contributed by atoms with E-state index in [4.69, 9.17) is 22.8 Å². The summed E-state index contributed by atoms with van der Waals surface area (Å²) in [6.07, 6.45) is 5.57. The number of aryl methyl sites for hydroxylation is 1. The lowest BCUT2D eigenvalue weighted by Crippen LogP contribution is -2.42. The fourth-order valence-electron chi connectivity index (χ4n) is 6.88. The van der Waals surface area contributed by atoms with Gasteiger partial charge in [0.15, 0.2) is 0 Å². The molecule has 0 heterocycles. The molecular formula is C27H42O8P2. The number of carbonyl (C=O) groups is 1. The molecular weight excluding hydrogens is 514 g/mol. The first kappa shape index (κ1) is 29.0. The number of ether oxygens (including phenoxy) is 1. The molecule has 2 fully saturated rings. The van der Waals surface area contributed by atoms with Gasteiger partial charge < -0.3 is 22.8 Å². The molecule has 0 unspecified atom stereocenters. The van der Waals surface area contributed by atoms with E-state index < -0.39 is 20.8 Å². The van der Waals surface area contributed by atoms with Gasteiger partial charge in [0.2, 0.25) is 0 Å². The van der Waals surface area contributed by atoms with Crippen molar-refractivity contribution in [1.82, 2.24) is 0 Å². The van der Waals surface area contributed by atoms with Gasteiger partial charge in [0.1, 0.15) is 11.5 Å². The second-order valence-corrected chi connectivity index (χ2v) is 14.9. The van der Waals surface area contributed by atoms with E-state index in [0.717, 1.165) is 32.1 Å². The van der Waals surface area contributed by atoms with Crippen LogP contribution in [0.1, 0.15) is 83.8 Å². The van der Waals surface area contributed by atoms with Crippen molar-refractivity contribution in [1.29, 1.82) is 0 Å². The number of hydrogen-bond donors (Lipinski definition) is 0. The van der Waals surface area contributed by atoms with Crippen LogP contribution in [0.15, 0.2) is 18.2 Å². The maximum Gasteiger partial charge on any atom is 0.383 e. The van der Waals surface area contributed by atoms with Crippen LogP contribution in [0, 0.1) is 17.3 Å². The van der Waals surface area contributed by atoms with Crippen molar-refractivity contribution >= 4 is 21.0 Å². The summed E-state index contributed by atoms with van der Waals surface area (Å²) in [4.78, 5) is 12.6. The molecule has 8 nitrogen and oxygen atoms in total. The summed E-state index contributed by atoms with van der Waals surface area (Å²) in [7, 11) is -8.04. The van der Waals surface area contributed by atoms with E-state index in [1.165, 1.54) is 11.1 Å². The Morgan fingerprint density at radius 1 is 0.892 bits per heavy atom. The molecule has 0 aliphatic heterocycles. The van der Waals surface area contributed by atoms with Gasteiger partial charge in [-0.2, -0.15) is 0 Å². The van der Waals surface area contributed by atoms with Gasteiger partial charge >= 0.3 is 15.2 Å². The third kappa shape index (κ3) is 5.40. The second kappa shape index (κ2) is 11.6. The maximum atomic E-state index is 13.8. The number of Topliss-reactive ketones (excluding diaryl/α,β-unsaturated/α-hetero) is 1. The van der Waals surface area contributed by atoms with Crippen LogP contribution in [-0.2, 0) is 38.4 Å². The molecule has 3 aliphatic rings. The molecule has 4 atom stereocenters. The molecule has 0 saturated heterocycles. The van der Waals surface area contributed by atoms with Crippen molar-refractivity contribution < 1.29 is 36.8 Å². The van der Waals surface area contributed by atoms with E-state index in [0.29, 0.717) is 35.7 Å². The third-order valence-corrected chi connectivity index (χ3v) is 13.9. The number of rotatable bonds is 12. The number of ketones is 1. The van der Waals surface area contributed by atoms with Crippen LogP contribution < -0.4 is 4.74 Å². The van der Waals surface area contributed by atoms with Crippen LogP contribution in [0.2, 0.25) is 0 Å². The largest absolute Gasteiger partial charge is 0.465 e. The molecule has 0 aromatic heterocycles. The molecule has 0 radical (unpaired) electrons. The van der Waals surface area contributed by atoms with Crippen molar-refractivity contribution in [3.05, 3.63) is 29.3 Å². The highest BCUT2D eigenvalue weighted by Gasteiger charge is 2.55. The van der Waals surface area contributed by atoms with Crippen molar-refractivity contribution in [2.45, 2.75) is 84.6 Å². The fourth-order valence-corrected chi connectivity index (χ4v) is 11.7. The Bertz CT molecular complexity index is 1020. The number of fused-ring (bicyclic) bond motifs is 5. The molecule has 3 aliphatic carbocycles. The van der Waals surface area contributed by atoms with E-state index in [1.807, 2.05) is 12.1 Å². The Hall–Kier alpha value is -1.01. The molecule has 0 N–H and O–H groups in total. The summed E-state index contributed by atoms with van der Waals surface area (Å²) in [6.45, 7) is 9.30. The molecule has 4 rings (SSSR count). The summed E-state index contributed by atoms with van der Waals surface area (Å²) in [5.41, 5.74) is 0.774. The van der Waals surface area contributed by atoms with E-state index in [2.05, 4.69) is 13.0 Å². The molecule has 2 saturated carbocycles. The molecule has 0 spiro atoms. The minimum Gasteiger partial charge on any atom is -0.465 e. The predicted octanol–water partition coefficient (Wildman–Crippen LogP) is 7.31. The van der Waals surface area contributed by atoms with E-state index in [9.17, 15) is 13.9 Å². The Balaban J connectivity index is 1.64. The van der Waals surface area contributed by atoms with Gasteiger partial charge in [-0.25, -0.2) is 0 Å². The Kier molecular flexibility index (Phi) is 9.10. The van der Waals surface area contributed by atoms with Gasteiger partial charge in [0, 0.05) is 11.8 Å². The highest BCUT2D eigenvalue weighted by molar-refractivity contribution is 7.72. The average molecular weight is 557 g/mol. The minimum atomic E-state index is -4.02. The zero-order valence-electron chi connectivity index (χ0n) is 22.8. The fraction of sp³-hybridized carbons (Fsp3) is 0.741. The van der Waals surface area contributed by atoms with Gasteiger partial charge in [-0.1, -0.05) is 13.0 Å². The summed E-state index contributed by atoms with van der Waals surface area (Å²) in [6, 6.07) is 5.87. The van der Waals surface area contributed by atoms with Crippen molar-refractivity contribution in [3.8, 4) is 5.75 Å². The zero-order valence-corrected chi connectivity index (χ0v) is 24.6. The highest BCUT2D eigenvalue weighted by Crippen LogP contribution is 2.70. The lowest BCUT2D eigenvalue weighted by atomic mass is 9.55. The van der Waals surface area contributed by atoms with Crippen molar-refractivity contribution in [3.63, 3.8) is 0 Å². The Labute approximate surface area is 221 Å². The summed E-state index contributed by atoms with van der Waals surface area (Å²) in [5.74, 6) is 2.27. The molecule has 1 aromatic rings. The number of hydrogen-bond acceptors (Lipinski definition) is 8. The standard InChI is InChI=1S/C27H42O8P2/c1-6-31-36(29,32-7-2)26(37(30,33-8-3)34-9-4)35-20-11-13-21-19(18-20)10-12-23-22(21)16-17-27(5)24(23)14-15-25(27)28/h11,13,18,22-24,26H,6-10,12,14-17H2,1-5H3/t22-,23-,24+,27+/m1/s1. The van der Waals surface area contributed by atoms with Crippen LogP contribution in [0.5, 0.6) is 5.75 Å². The van der Waals surface area contributed by atoms with E-state index >= 15 is 0 Å².